The summed E-state index contributed by atoms with van der Waals surface area (Å²) in [7, 11) is 1.60. The van der Waals surface area contributed by atoms with Crippen molar-refractivity contribution in [3.05, 3.63) is 50.4 Å². The van der Waals surface area contributed by atoms with Crippen molar-refractivity contribution in [2.75, 3.05) is 13.7 Å². The number of ether oxygens (including phenoxy) is 2. The fourth-order valence-corrected chi connectivity index (χ4v) is 5.02. The molecule has 1 aliphatic rings. The number of aryl methyl sites for hydroxylation is 2. The summed E-state index contributed by atoms with van der Waals surface area (Å²) in [6, 6.07) is 5.56. The topological polar surface area (TPSA) is 64.2 Å². The van der Waals surface area contributed by atoms with Crippen LogP contribution in [0, 0.1) is 0 Å². The van der Waals surface area contributed by atoms with Crippen LogP contribution in [0.2, 0.25) is 0 Å². The van der Waals surface area contributed by atoms with Crippen molar-refractivity contribution in [2.24, 2.45) is 0 Å². The number of fused-ring (bicyclic) bond motifs is 3. The molecule has 146 valence electrons. The van der Waals surface area contributed by atoms with Crippen molar-refractivity contribution in [3.8, 4) is 11.5 Å². The minimum Gasteiger partial charge on any atom is -0.493 e. The molecule has 0 atom stereocenters. The van der Waals surface area contributed by atoms with Gasteiger partial charge in [0, 0.05) is 4.88 Å². The highest BCUT2D eigenvalue weighted by Gasteiger charge is 2.20. The van der Waals surface area contributed by atoms with Gasteiger partial charge in [-0.05, 0) is 61.9 Å². The number of hydrogen-bond acceptors (Lipinski definition) is 5. The number of halogens is 1. The van der Waals surface area contributed by atoms with Gasteiger partial charge < -0.3 is 14.5 Å². The molecule has 2 aromatic heterocycles. The van der Waals surface area contributed by atoms with Gasteiger partial charge in [-0.1, -0.05) is 17.7 Å². The minimum absolute atomic E-state index is 0.115. The Morgan fingerprint density at radius 1 is 1.32 bits per heavy atom. The SMILES string of the molecule is CCOc1cc(C=C(Cl)c2nc3sc4c(c3c(=O)[nH]2)CCCC4)ccc1OC. The van der Waals surface area contributed by atoms with Crippen LogP contribution in [0.25, 0.3) is 21.3 Å². The number of rotatable bonds is 5. The standard InChI is InChI=1S/C21H21ClN2O3S/c1-3-27-16-11-12(8-9-15(16)26-2)10-14(22)19-23-20(25)18-13-6-4-5-7-17(13)28-21(18)24-19/h8-11H,3-7H2,1-2H3,(H,23,24,25). The van der Waals surface area contributed by atoms with Gasteiger partial charge in [0.25, 0.3) is 5.56 Å². The van der Waals surface area contributed by atoms with Crippen molar-refractivity contribution in [1.82, 2.24) is 9.97 Å². The fraction of sp³-hybridized carbons (Fsp3) is 0.333. The number of hydrogen-bond donors (Lipinski definition) is 1. The van der Waals surface area contributed by atoms with E-state index in [1.807, 2.05) is 25.1 Å². The predicted octanol–water partition coefficient (Wildman–Crippen LogP) is 5.01. The fourth-order valence-electron chi connectivity index (χ4n) is 3.54. The van der Waals surface area contributed by atoms with E-state index in [4.69, 9.17) is 21.1 Å². The molecule has 28 heavy (non-hydrogen) atoms. The molecule has 4 rings (SSSR count). The van der Waals surface area contributed by atoms with Crippen LogP contribution in [0.5, 0.6) is 11.5 Å². The molecule has 1 aliphatic carbocycles. The lowest BCUT2D eigenvalue weighted by atomic mass is 9.97. The summed E-state index contributed by atoms with van der Waals surface area (Å²) in [5.41, 5.74) is 1.89. The third kappa shape index (κ3) is 3.54. The number of nitrogens with zero attached hydrogens (tertiary/aromatic N) is 1. The molecule has 1 N–H and O–H groups in total. The number of methoxy groups -OCH3 is 1. The van der Waals surface area contributed by atoms with Crippen LogP contribution in [-0.4, -0.2) is 23.7 Å². The van der Waals surface area contributed by atoms with Gasteiger partial charge in [-0.2, -0.15) is 0 Å². The second-order valence-corrected chi connectivity index (χ2v) is 8.13. The summed E-state index contributed by atoms with van der Waals surface area (Å²) in [4.78, 5) is 22.2. The van der Waals surface area contributed by atoms with E-state index in [2.05, 4.69) is 9.97 Å². The van der Waals surface area contributed by atoms with E-state index >= 15 is 0 Å². The van der Waals surface area contributed by atoms with Crippen molar-refractivity contribution in [3.63, 3.8) is 0 Å². The first-order valence-electron chi connectivity index (χ1n) is 9.33. The molecule has 3 aromatic rings. The monoisotopic (exact) mass is 416 g/mol. The molecule has 1 aromatic carbocycles. The smallest absolute Gasteiger partial charge is 0.260 e. The second-order valence-electron chi connectivity index (χ2n) is 6.64. The average molecular weight is 417 g/mol. The molecule has 0 amide bonds. The van der Waals surface area contributed by atoms with Crippen LogP contribution in [-0.2, 0) is 12.8 Å². The Morgan fingerprint density at radius 2 is 2.14 bits per heavy atom. The summed E-state index contributed by atoms with van der Waals surface area (Å²) in [6.07, 6.45) is 6.04. The van der Waals surface area contributed by atoms with Gasteiger partial charge in [0.2, 0.25) is 0 Å². The molecule has 0 saturated carbocycles. The molecule has 2 heterocycles. The molecule has 0 radical (unpaired) electrons. The van der Waals surface area contributed by atoms with Crippen molar-refractivity contribution < 1.29 is 9.47 Å². The summed E-state index contributed by atoms with van der Waals surface area (Å²) >= 11 is 8.12. The zero-order valence-corrected chi connectivity index (χ0v) is 17.4. The third-order valence-corrected chi connectivity index (χ3v) is 6.31. The number of thiophene rings is 1. The molecule has 0 fully saturated rings. The van der Waals surface area contributed by atoms with E-state index in [1.54, 1.807) is 24.5 Å². The number of aromatic amines is 1. The first-order chi connectivity index (χ1) is 13.6. The van der Waals surface area contributed by atoms with Crippen molar-refractivity contribution in [2.45, 2.75) is 32.6 Å². The van der Waals surface area contributed by atoms with Crippen LogP contribution in [0.3, 0.4) is 0 Å². The van der Waals surface area contributed by atoms with Crippen molar-refractivity contribution in [1.29, 1.82) is 0 Å². The molecule has 0 spiro atoms. The van der Waals surface area contributed by atoms with Gasteiger partial charge >= 0.3 is 0 Å². The molecular weight excluding hydrogens is 396 g/mol. The van der Waals surface area contributed by atoms with Gasteiger partial charge in [-0.3, -0.25) is 4.79 Å². The van der Waals surface area contributed by atoms with E-state index in [0.717, 1.165) is 35.0 Å². The van der Waals surface area contributed by atoms with Gasteiger partial charge in [-0.15, -0.1) is 11.3 Å². The zero-order chi connectivity index (χ0) is 19.7. The van der Waals surface area contributed by atoms with Gasteiger partial charge in [0.15, 0.2) is 17.3 Å². The first kappa shape index (κ1) is 19.0. The maximum Gasteiger partial charge on any atom is 0.260 e. The highest BCUT2D eigenvalue weighted by molar-refractivity contribution is 7.18. The van der Waals surface area contributed by atoms with E-state index in [-0.39, 0.29) is 5.56 Å². The van der Waals surface area contributed by atoms with Crippen LogP contribution >= 0.6 is 22.9 Å². The lowest BCUT2D eigenvalue weighted by molar-refractivity contribution is 0.311. The average Bonchev–Trinajstić information content (AvgIpc) is 3.07. The number of nitrogens with one attached hydrogen (secondary N) is 1. The van der Waals surface area contributed by atoms with Crippen molar-refractivity contribution >= 4 is 44.3 Å². The summed E-state index contributed by atoms with van der Waals surface area (Å²) in [5, 5.41) is 1.11. The largest absolute Gasteiger partial charge is 0.493 e. The Balaban J connectivity index is 1.73. The normalized spacial score (nSPS) is 14.2. The van der Waals surface area contributed by atoms with E-state index in [1.165, 1.54) is 16.9 Å². The Bertz CT molecular complexity index is 1120. The number of benzene rings is 1. The highest BCUT2D eigenvalue weighted by Crippen LogP contribution is 2.34. The lowest BCUT2D eigenvalue weighted by Crippen LogP contribution is -2.12. The Hall–Kier alpha value is -2.31. The van der Waals surface area contributed by atoms with Crippen LogP contribution < -0.4 is 15.0 Å². The zero-order valence-electron chi connectivity index (χ0n) is 15.8. The van der Waals surface area contributed by atoms with E-state index < -0.39 is 0 Å². The molecule has 0 aliphatic heterocycles. The Kier molecular flexibility index (Phi) is 5.42. The molecule has 5 nitrogen and oxygen atoms in total. The summed E-state index contributed by atoms with van der Waals surface area (Å²) in [6.45, 7) is 2.45. The van der Waals surface area contributed by atoms with Gasteiger partial charge in [0.1, 0.15) is 4.83 Å². The molecule has 0 unspecified atom stereocenters. The molecule has 0 saturated heterocycles. The second kappa shape index (κ2) is 7.97. The lowest BCUT2D eigenvalue weighted by Gasteiger charge is -2.10. The Labute approximate surface area is 172 Å². The number of H-pyrrole nitrogens is 1. The Morgan fingerprint density at radius 3 is 2.93 bits per heavy atom. The number of aromatic nitrogens is 2. The van der Waals surface area contributed by atoms with E-state index in [9.17, 15) is 4.79 Å². The van der Waals surface area contributed by atoms with E-state index in [0.29, 0.717) is 29.0 Å². The summed E-state index contributed by atoms with van der Waals surface area (Å²) in [5.74, 6) is 1.69. The van der Waals surface area contributed by atoms with Gasteiger partial charge in [0.05, 0.1) is 24.1 Å². The maximum absolute atomic E-state index is 12.7. The third-order valence-electron chi connectivity index (χ3n) is 4.83. The molecule has 0 bridgehead atoms. The quantitative estimate of drug-likeness (QED) is 0.635. The maximum atomic E-state index is 12.7. The van der Waals surface area contributed by atoms with Crippen LogP contribution in [0.1, 0.15) is 41.6 Å². The van der Waals surface area contributed by atoms with Crippen LogP contribution in [0.15, 0.2) is 23.0 Å². The highest BCUT2D eigenvalue weighted by atomic mass is 35.5. The first-order valence-corrected chi connectivity index (χ1v) is 10.5. The van der Waals surface area contributed by atoms with Crippen LogP contribution in [0.4, 0.5) is 0 Å². The van der Waals surface area contributed by atoms with Gasteiger partial charge in [-0.25, -0.2) is 4.98 Å². The molecule has 7 heteroatoms. The summed E-state index contributed by atoms with van der Waals surface area (Å²) < 4.78 is 10.9. The predicted molar refractivity (Wildman–Crippen MR) is 115 cm³/mol. The molecular formula is C21H21ClN2O3S. The minimum atomic E-state index is -0.115.